The summed E-state index contributed by atoms with van der Waals surface area (Å²) < 4.78 is 26.1. The highest BCUT2D eigenvalue weighted by molar-refractivity contribution is 7.89. The van der Waals surface area contributed by atoms with Gasteiger partial charge in [-0.2, -0.15) is 4.31 Å². The van der Waals surface area contributed by atoms with E-state index in [1.54, 1.807) is 24.3 Å². The number of benzene rings is 1. The van der Waals surface area contributed by atoms with Gasteiger partial charge in [-0.05, 0) is 36.4 Å². The van der Waals surface area contributed by atoms with E-state index in [2.05, 4.69) is 10.3 Å². The molecule has 118 valence electrons. The molecule has 0 radical (unpaired) electrons. The lowest BCUT2D eigenvalue weighted by molar-refractivity contribution is 0.445. The molecule has 0 spiro atoms. The fraction of sp³-hybridized carbons (Fsp3) is 0.267. The molecule has 0 aliphatic carbocycles. The minimum Gasteiger partial charge on any atom is -0.340 e. The smallest absolute Gasteiger partial charge is 0.244 e. The van der Waals surface area contributed by atoms with Gasteiger partial charge in [0.15, 0.2) is 0 Å². The Hall–Kier alpha value is -1.63. The van der Waals surface area contributed by atoms with Crippen molar-refractivity contribution in [2.45, 2.75) is 18.7 Å². The Labute approximate surface area is 136 Å². The van der Waals surface area contributed by atoms with E-state index in [9.17, 15) is 8.42 Å². The number of sulfonamides is 1. The van der Waals surface area contributed by atoms with Crippen LogP contribution < -0.4 is 5.32 Å². The summed E-state index contributed by atoms with van der Waals surface area (Å²) in [4.78, 5) is 4.36. The van der Waals surface area contributed by atoms with E-state index in [1.807, 2.05) is 26.0 Å². The SMILES string of the molecule is CCN(CC)S(=O)(=O)c1ccc(Nc2ccc(Cl)cc2)nc1. The summed E-state index contributed by atoms with van der Waals surface area (Å²) in [5.74, 6) is 0.570. The quantitative estimate of drug-likeness (QED) is 0.874. The van der Waals surface area contributed by atoms with Crippen molar-refractivity contribution >= 4 is 33.1 Å². The number of hydrogen-bond donors (Lipinski definition) is 1. The summed E-state index contributed by atoms with van der Waals surface area (Å²) in [5, 5.41) is 3.74. The number of nitrogens with one attached hydrogen (secondary N) is 1. The lowest BCUT2D eigenvalue weighted by Crippen LogP contribution is -2.30. The molecular weight excluding hydrogens is 322 g/mol. The predicted molar refractivity (Wildman–Crippen MR) is 89.1 cm³/mol. The van der Waals surface area contributed by atoms with Crippen molar-refractivity contribution in [3.8, 4) is 0 Å². The van der Waals surface area contributed by atoms with Crippen LogP contribution in [0.5, 0.6) is 0 Å². The largest absolute Gasteiger partial charge is 0.340 e. The van der Waals surface area contributed by atoms with E-state index in [0.29, 0.717) is 23.9 Å². The van der Waals surface area contributed by atoms with Crippen LogP contribution in [-0.4, -0.2) is 30.8 Å². The van der Waals surface area contributed by atoms with Crippen molar-refractivity contribution in [1.29, 1.82) is 0 Å². The number of nitrogens with zero attached hydrogens (tertiary/aromatic N) is 2. The molecule has 2 aromatic rings. The van der Waals surface area contributed by atoms with Gasteiger partial charge < -0.3 is 5.32 Å². The maximum atomic E-state index is 12.4. The van der Waals surface area contributed by atoms with Crippen LogP contribution in [0.25, 0.3) is 0 Å². The van der Waals surface area contributed by atoms with Crippen molar-refractivity contribution in [1.82, 2.24) is 9.29 Å². The number of anilines is 2. The molecule has 0 bridgehead atoms. The Kier molecular flexibility index (Phi) is 5.39. The minimum absolute atomic E-state index is 0.192. The molecule has 0 aliphatic rings. The standard InChI is InChI=1S/C15H18ClN3O2S/c1-3-19(4-2)22(20,21)14-9-10-15(17-11-14)18-13-7-5-12(16)6-8-13/h5-11H,3-4H2,1-2H3,(H,17,18). The molecule has 0 saturated heterocycles. The van der Waals surface area contributed by atoms with Gasteiger partial charge in [-0.15, -0.1) is 0 Å². The Morgan fingerprint density at radius 1 is 1.09 bits per heavy atom. The molecule has 0 atom stereocenters. The first kappa shape index (κ1) is 16.7. The molecule has 0 fully saturated rings. The average molecular weight is 340 g/mol. The summed E-state index contributed by atoms with van der Waals surface area (Å²) in [5.41, 5.74) is 0.830. The second-order valence-electron chi connectivity index (χ2n) is 4.60. The summed E-state index contributed by atoms with van der Waals surface area (Å²) in [6, 6.07) is 10.4. The van der Waals surface area contributed by atoms with Crippen LogP contribution in [-0.2, 0) is 10.0 Å². The normalized spacial score (nSPS) is 11.6. The van der Waals surface area contributed by atoms with Gasteiger partial charge >= 0.3 is 0 Å². The topological polar surface area (TPSA) is 62.3 Å². The van der Waals surface area contributed by atoms with Gasteiger partial charge in [-0.25, -0.2) is 13.4 Å². The third-order valence-electron chi connectivity index (χ3n) is 3.20. The van der Waals surface area contributed by atoms with Crippen molar-refractivity contribution in [2.24, 2.45) is 0 Å². The van der Waals surface area contributed by atoms with Crippen LogP contribution in [0.4, 0.5) is 11.5 Å². The highest BCUT2D eigenvalue weighted by Gasteiger charge is 2.21. The van der Waals surface area contributed by atoms with Crippen molar-refractivity contribution in [3.63, 3.8) is 0 Å². The minimum atomic E-state index is -3.47. The molecule has 1 N–H and O–H groups in total. The first-order valence-electron chi connectivity index (χ1n) is 6.96. The Bertz CT molecular complexity index is 711. The fourth-order valence-electron chi connectivity index (χ4n) is 2.00. The van der Waals surface area contributed by atoms with E-state index in [0.717, 1.165) is 5.69 Å². The molecular formula is C15H18ClN3O2S. The lowest BCUT2D eigenvalue weighted by Gasteiger charge is -2.18. The van der Waals surface area contributed by atoms with Gasteiger partial charge in [0.2, 0.25) is 10.0 Å². The average Bonchev–Trinajstić information content (AvgIpc) is 2.51. The van der Waals surface area contributed by atoms with E-state index in [1.165, 1.54) is 10.5 Å². The van der Waals surface area contributed by atoms with Gasteiger partial charge in [0.05, 0.1) is 0 Å². The predicted octanol–water partition coefficient (Wildman–Crippen LogP) is 3.51. The number of pyridine rings is 1. The van der Waals surface area contributed by atoms with Crippen LogP contribution in [0, 0.1) is 0 Å². The second-order valence-corrected chi connectivity index (χ2v) is 6.97. The summed E-state index contributed by atoms with van der Waals surface area (Å²) in [6.45, 7) is 4.49. The Balaban J connectivity index is 2.18. The molecule has 1 aromatic heterocycles. The molecule has 0 saturated carbocycles. The van der Waals surface area contributed by atoms with Gasteiger partial charge in [-0.1, -0.05) is 25.4 Å². The summed E-state index contributed by atoms with van der Waals surface area (Å²) in [7, 11) is -3.47. The van der Waals surface area contributed by atoms with Gasteiger partial charge in [-0.3, -0.25) is 0 Å². The highest BCUT2D eigenvalue weighted by Crippen LogP contribution is 2.20. The van der Waals surface area contributed by atoms with Crippen molar-refractivity contribution in [3.05, 3.63) is 47.6 Å². The molecule has 1 heterocycles. The van der Waals surface area contributed by atoms with Crippen LogP contribution in [0.15, 0.2) is 47.5 Å². The molecule has 0 aliphatic heterocycles. The number of halogens is 1. The van der Waals surface area contributed by atoms with Crippen molar-refractivity contribution in [2.75, 3.05) is 18.4 Å². The maximum Gasteiger partial charge on any atom is 0.244 e. The summed E-state index contributed by atoms with van der Waals surface area (Å²) in [6.07, 6.45) is 1.37. The monoisotopic (exact) mass is 339 g/mol. The highest BCUT2D eigenvalue weighted by atomic mass is 35.5. The van der Waals surface area contributed by atoms with E-state index in [4.69, 9.17) is 11.6 Å². The van der Waals surface area contributed by atoms with Crippen LogP contribution in [0.3, 0.4) is 0 Å². The zero-order valence-electron chi connectivity index (χ0n) is 12.5. The zero-order valence-corrected chi connectivity index (χ0v) is 14.0. The van der Waals surface area contributed by atoms with E-state index >= 15 is 0 Å². The fourth-order valence-corrected chi connectivity index (χ4v) is 3.53. The first-order valence-corrected chi connectivity index (χ1v) is 8.78. The molecule has 0 amide bonds. The van der Waals surface area contributed by atoms with E-state index < -0.39 is 10.0 Å². The lowest BCUT2D eigenvalue weighted by atomic mass is 10.3. The molecule has 22 heavy (non-hydrogen) atoms. The molecule has 7 heteroatoms. The van der Waals surface area contributed by atoms with Crippen LogP contribution in [0.1, 0.15) is 13.8 Å². The van der Waals surface area contributed by atoms with Crippen molar-refractivity contribution < 1.29 is 8.42 Å². The van der Waals surface area contributed by atoms with Gasteiger partial charge in [0.1, 0.15) is 10.7 Å². The Morgan fingerprint density at radius 3 is 2.23 bits per heavy atom. The second kappa shape index (κ2) is 7.09. The third-order valence-corrected chi connectivity index (χ3v) is 5.48. The molecule has 5 nitrogen and oxygen atoms in total. The van der Waals surface area contributed by atoms with Gasteiger partial charge in [0, 0.05) is 30.0 Å². The number of aromatic nitrogens is 1. The van der Waals surface area contributed by atoms with Crippen LogP contribution >= 0.6 is 11.6 Å². The Morgan fingerprint density at radius 2 is 1.73 bits per heavy atom. The number of rotatable bonds is 6. The zero-order chi connectivity index (χ0) is 16.2. The molecule has 2 rings (SSSR count). The van der Waals surface area contributed by atoms with E-state index in [-0.39, 0.29) is 4.90 Å². The van der Waals surface area contributed by atoms with Crippen LogP contribution in [0.2, 0.25) is 5.02 Å². The third kappa shape index (κ3) is 3.76. The molecule has 1 aromatic carbocycles. The maximum absolute atomic E-state index is 12.4. The summed E-state index contributed by atoms with van der Waals surface area (Å²) >= 11 is 5.83. The van der Waals surface area contributed by atoms with Gasteiger partial charge in [0.25, 0.3) is 0 Å². The number of hydrogen-bond acceptors (Lipinski definition) is 4. The first-order chi connectivity index (χ1) is 10.5. The molecule has 0 unspecified atom stereocenters.